The van der Waals surface area contributed by atoms with Gasteiger partial charge in [0.15, 0.2) is 0 Å². The van der Waals surface area contributed by atoms with Crippen molar-refractivity contribution in [3.05, 3.63) is 0 Å². The van der Waals surface area contributed by atoms with Crippen molar-refractivity contribution in [2.75, 3.05) is 13.6 Å². The van der Waals surface area contributed by atoms with Crippen LogP contribution >= 0.6 is 0 Å². The van der Waals surface area contributed by atoms with Crippen molar-refractivity contribution < 1.29 is 4.79 Å². The van der Waals surface area contributed by atoms with Crippen LogP contribution in [0.5, 0.6) is 0 Å². The van der Waals surface area contributed by atoms with Crippen molar-refractivity contribution in [2.24, 2.45) is 11.7 Å². The highest BCUT2D eigenvalue weighted by atomic mass is 16.2. The van der Waals surface area contributed by atoms with Crippen molar-refractivity contribution >= 4 is 5.91 Å². The minimum absolute atomic E-state index is 0.206. The molecule has 0 heterocycles. The second-order valence-electron chi connectivity index (χ2n) is 4.66. The molecule has 0 aromatic carbocycles. The topological polar surface area (TPSA) is 46.3 Å². The zero-order chi connectivity index (χ0) is 11.8. The molecule has 3 heteroatoms. The van der Waals surface area contributed by atoms with E-state index in [0.29, 0.717) is 12.3 Å². The minimum atomic E-state index is 0.206. The number of nitrogens with zero attached hydrogens (tertiary/aromatic N) is 1. The molecule has 2 unspecified atom stereocenters. The van der Waals surface area contributed by atoms with Gasteiger partial charge in [0.25, 0.3) is 0 Å². The summed E-state index contributed by atoms with van der Waals surface area (Å²) in [5.74, 6) is 0.836. The third-order valence-electron chi connectivity index (χ3n) is 2.76. The first kappa shape index (κ1) is 14.4. The molecule has 0 bridgehead atoms. The maximum atomic E-state index is 11.7. The fourth-order valence-corrected chi connectivity index (χ4v) is 1.46. The summed E-state index contributed by atoms with van der Waals surface area (Å²) < 4.78 is 0. The highest BCUT2D eigenvalue weighted by Gasteiger charge is 2.11. The lowest BCUT2D eigenvalue weighted by Gasteiger charge is -2.20. The van der Waals surface area contributed by atoms with Gasteiger partial charge >= 0.3 is 0 Å². The van der Waals surface area contributed by atoms with Crippen molar-refractivity contribution in [1.29, 1.82) is 0 Å². The van der Waals surface area contributed by atoms with Crippen molar-refractivity contribution in [1.82, 2.24) is 4.90 Å². The second kappa shape index (κ2) is 7.69. The Labute approximate surface area is 94.0 Å². The van der Waals surface area contributed by atoms with Gasteiger partial charge in [-0.15, -0.1) is 0 Å². The maximum Gasteiger partial charge on any atom is 0.222 e. The molecular formula is C12H26N2O. The zero-order valence-corrected chi connectivity index (χ0v) is 10.6. The summed E-state index contributed by atoms with van der Waals surface area (Å²) in [6.07, 6.45) is 3.59. The lowest BCUT2D eigenvalue weighted by atomic mass is 10.1. The Morgan fingerprint density at radius 3 is 2.47 bits per heavy atom. The monoisotopic (exact) mass is 214 g/mol. The number of amides is 1. The molecule has 0 aromatic heterocycles. The van der Waals surface area contributed by atoms with Gasteiger partial charge in [-0.1, -0.05) is 20.3 Å². The summed E-state index contributed by atoms with van der Waals surface area (Å²) in [5.41, 5.74) is 5.63. The number of rotatable bonds is 7. The Morgan fingerprint density at radius 1 is 1.40 bits per heavy atom. The van der Waals surface area contributed by atoms with Gasteiger partial charge in [-0.25, -0.2) is 0 Å². The van der Waals surface area contributed by atoms with Crippen LogP contribution in [-0.2, 0) is 4.79 Å². The van der Waals surface area contributed by atoms with Crippen molar-refractivity contribution in [3.63, 3.8) is 0 Å². The van der Waals surface area contributed by atoms with E-state index in [1.54, 1.807) is 0 Å². The van der Waals surface area contributed by atoms with Gasteiger partial charge in [0.1, 0.15) is 0 Å². The van der Waals surface area contributed by atoms with E-state index in [9.17, 15) is 4.79 Å². The van der Waals surface area contributed by atoms with Crippen LogP contribution in [0.2, 0.25) is 0 Å². The van der Waals surface area contributed by atoms with E-state index in [1.807, 2.05) is 18.9 Å². The standard InChI is InChI=1S/C12H26N2O/c1-5-10(2)9-14(4)12(15)8-6-7-11(3)13/h10-11H,5-9,13H2,1-4H3. The first-order chi connectivity index (χ1) is 6.97. The SMILES string of the molecule is CCC(C)CN(C)C(=O)CCCC(C)N. The lowest BCUT2D eigenvalue weighted by molar-refractivity contribution is -0.130. The Hall–Kier alpha value is -0.570. The number of hydrogen-bond acceptors (Lipinski definition) is 2. The molecule has 2 N–H and O–H groups in total. The second-order valence-corrected chi connectivity index (χ2v) is 4.66. The molecule has 0 saturated carbocycles. The van der Waals surface area contributed by atoms with E-state index in [4.69, 9.17) is 5.73 Å². The lowest BCUT2D eigenvalue weighted by Crippen LogP contribution is -2.30. The predicted octanol–water partition coefficient (Wildman–Crippen LogP) is 2.01. The van der Waals surface area contributed by atoms with Crippen LogP contribution in [0.3, 0.4) is 0 Å². The molecule has 0 aliphatic carbocycles. The number of carbonyl (C=O) groups excluding carboxylic acids is 1. The number of nitrogens with two attached hydrogens (primary N) is 1. The average molecular weight is 214 g/mol. The third-order valence-corrected chi connectivity index (χ3v) is 2.76. The molecule has 2 atom stereocenters. The zero-order valence-electron chi connectivity index (χ0n) is 10.6. The van der Waals surface area contributed by atoms with E-state index in [2.05, 4.69) is 13.8 Å². The summed E-state index contributed by atoms with van der Waals surface area (Å²) in [5, 5.41) is 0. The summed E-state index contributed by atoms with van der Waals surface area (Å²) in [6.45, 7) is 7.17. The fraction of sp³-hybridized carbons (Fsp3) is 0.917. The Bertz CT molecular complexity index is 180. The van der Waals surface area contributed by atoms with Crippen LogP contribution in [0.4, 0.5) is 0 Å². The molecule has 0 aromatic rings. The molecule has 0 saturated heterocycles. The van der Waals surface area contributed by atoms with Gasteiger partial charge < -0.3 is 10.6 Å². The van der Waals surface area contributed by atoms with Crippen LogP contribution in [0.25, 0.3) is 0 Å². The predicted molar refractivity (Wildman–Crippen MR) is 64.6 cm³/mol. The summed E-state index contributed by atoms with van der Waals surface area (Å²) >= 11 is 0. The van der Waals surface area contributed by atoms with Gasteiger partial charge in [-0.2, -0.15) is 0 Å². The van der Waals surface area contributed by atoms with Crippen LogP contribution in [0.15, 0.2) is 0 Å². The van der Waals surface area contributed by atoms with Crippen LogP contribution < -0.4 is 5.73 Å². The van der Waals surface area contributed by atoms with Crippen molar-refractivity contribution in [2.45, 2.75) is 52.5 Å². The number of hydrogen-bond donors (Lipinski definition) is 1. The molecule has 3 nitrogen and oxygen atoms in total. The average Bonchev–Trinajstić information content (AvgIpc) is 2.16. The summed E-state index contributed by atoms with van der Waals surface area (Å²) in [7, 11) is 1.89. The molecule has 0 radical (unpaired) electrons. The smallest absolute Gasteiger partial charge is 0.222 e. The number of carbonyl (C=O) groups is 1. The molecule has 0 fully saturated rings. The van der Waals surface area contributed by atoms with Gasteiger partial charge in [-0.05, 0) is 25.7 Å². The Morgan fingerprint density at radius 2 is 2.00 bits per heavy atom. The minimum Gasteiger partial charge on any atom is -0.345 e. The summed E-state index contributed by atoms with van der Waals surface area (Å²) in [6, 6.07) is 0.206. The van der Waals surface area contributed by atoms with E-state index in [1.165, 1.54) is 0 Å². The Kier molecular flexibility index (Phi) is 7.39. The van der Waals surface area contributed by atoms with Crippen LogP contribution in [0, 0.1) is 5.92 Å². The van der Waals surface area contributed by atoms with E-state index < -0.39 is 0 Å². The van der Waals surface area contributed by atoms with Gasteiger partial charge in [0, 0.05) is 26.1 Å². The van der Waals surface area contributed by atoms with Gasteiger partial charge in [-0.3, -0.25) is 4.79 Å². The summed E-state index contributed by atoms with van der Waals surface area (Å²) in [4.78, 5) is 13.5. The molecule has 0 aliphatic heterocycles. The highest BCUT2D eigenvalue weighted by Crippen LogP contribution is 2.06. The highest BCUT2D eigenvalue weighted by molar-refractivity contribution is 5.75. The quantitative estimate of drug-likeness (QED) is 0.704. The molecule has 0 aliphatic rings. The van der Waals surface area contributed by atoms with E-state index >= 15 is 0 Å². The molecule has 0 rings (SSSR count). The molecule has 90 valence electrons. The van der Waals surface area contributed by atoms with Gasteiger partial charge in [0.2, 0.25) is 5.91 Å². The maximum absolute atomic E-state index is 11.7. The van der Waals surface area contributed by atoms with Crippen LogP contribution in [0.1, 0.15) is 46.5 Å². The van der Waals surface area contributed by atoms with E-state index in [-0.39, 0.29) is 11.9 Å². The fourth-order valence-electron chi connectivity index (χ4n) is 1.46. The third kappa shape index (κ3) is 7.37. The van der Waals surface area contributed by atoms with E-state index in [0.717, 1.165) is 25.8 Å². The van der Waals surface area contributed by atoms with Crippen molar-refractivity contribution in [3.8, 4) is 0 Å². The largest absolute Gasteiger partial charge is 0.345 e. The Balaban J connectivity index is 3.69. The van der Waals surface area contributed by atoms with Crippen LogP contribution in [-0.4, -0.2) is 30.4 Å². The normalized spacial score (nSPS) is 14.7. The molecular weight excluding hydrogens is 188 g/mol. The first-order valence-corrected chi connectivity index (χ1v) is 5.96. The molecule has 0 spiro atoms. The first-order valence-electron chi connectivity index (χ1n) is 5.96. The van der Waals surface area contributed by atoms with Gasteiger partial charge in [0.05, 0.1) is 0 Å². The molecule has 15 heavy (non-hydrogen) atoms. The molecule has 1 amide bonds.